The number of carbonyl (C=O) groups is 1. The molecule has 0 aliphatic carbocycles. The summed E-state index contributed by atoms with van der Waals surface area (Å²) >= 11 is 4.17. The summed E-state index contributed by atoms with van der Waals surface area (Å²) in [4.78, 5) is 12.6. The number of nitrogens with two attached hydrogens (primary N) is 1. The van der Waals surface area contributed by atoms with Crippen LogP contribution in [0.1, 0.15) is 38.9 Å². The van der Waals surface area contributed by atoms with Gasteiger partial charge in [0.15, 0.2) is 0 Å². The van der Waals surface area contributed by atoms with E-state index in [1.54, 1.807) is 0 Å². The van der Waals surface area contributed by atoms with Crippen LogP contribution in [0.15, 0.2) is 30.3 Å². The molecule has 5 atom stereocenters. The van der Waals surface area contributed by atoms with E-state index in [0.29, 0.717) is 12.3 Å². The lowest BCUT2D eigenvalue weighted by Crippen LogP contribution is -2.53. The molecule has 136 valence electrons. The summed E-state index contributed by atoms with van der Waals surface area (Å²) in [5.41, 5.74) is 6.67. The second-order valence-electron chi connectivity index (χ2n) is 6.37. The maximum atomic E-state index is 12.6. The monoisotopic (exact) mass is 353 g/mol. The number of carbonyl (C=O) groups excluding carboxylic acids is 1. The molecule has 5 N–H and O–H groups in total. The Balaban J connectivity index is 2.68. The first-order valence-corrected chi connectivity index (χ1v) is 9.17. The SMILES string of the molecule is CC[C@H](C)[C@H](NC[C@@H](N)CS)C(=O)N[C@@H](C)C(O)c1ccccc1. The summed E-state index contributed by atoms with van der Waals surface area (Å²) in [6.45, 7) is 6.42. The van der Waals surface area contributed by atoms with Crippen molar-refractivity contribution in [1.29, 1.82) is 0 Å². The third-order valence-electron chi connectivity index (χ3n) is 4.31. The van der Waals surface area contributed by atoms with Crippen LogP contribution < -0.4 is 16.4 Å². The lowest BCUT2D eigenvalue weighted by molar-refractivity contribution is -0.125. The third-order valence-corrected chi connectivity index (χ3v) is 4.78. The van der Waals surface area contributed by atoms with Gasteiger partial charge in [-0.3, -0.25) is 4.79 Å². The van der Waals surface area contributed by atoms with E-state index in [1.165, 1.54) is 0 Å². The zero-order valence-corrected chi connectivity index (χ0v) is 15.7. The van der Waals surface area contributed by atoms with Gasteiger partial charge in [-0.1, -0.05) is 50.6 Å². The minimum atomic E-state index is -0.743. The van der Waals surface area contributed by atoms with Gasteiger partial charge in [0.25, 0.3) is 0 Å². The van der Waals surface area contributed by atoms with Crippen molar-refractivity contribution in [3.8, 4) is 0 Å². The molecule has 1 aromatic rings. The first kappa shape index (κ1) is 21.0. The summed E-state index contributed by atoms with van der Waals surface area (Å²) in [6, 6.07) is 8.52. The van der Waals surface area contributed by atoms with Crippen molar-refractivity contribution in [2.75, 3.05) is 12.3 Å². The Labute approximate surface area is 150 Å². The molecule has 1 amide bonds. The van der Waals surface area contributed by atoms with Crippen LogP contribution in [0, 0.1) is 5.92 Å². The molecule has 1 rings (SSSR count). The quantitative estimate of drug-likeness (QED) is 0.413. The van der Waals surface area contributed by atoms with Crippen LogP contribution in [0.4, 0.5) is 0 Å². The van der Waals surface area contributed by atoms with Crippen molar-refractivity contribution >= 4 is 18.5 Å². The van der Waals surface area contributed by atoms with Gasteiger partial charge in [-0.25, -0.2) is 0 Å². The van der Waals surface area contributed by atoms with Crippen LogP contribution >= 0.6 is 12.6 Å². The average Bonchev–Trinajstić information content (AvgIpc) is 2.61. The maximum Gasteiger partial charge on any atom is 0.237 e. The number of aliphatic hydroxyl groups excluding tert-OH is 1. The van der Waals surface area contributed by atoms with Crippen molar-refractivity contribution < 1.29 is 9.90 Å². The van der Waals surface area contributed by atoms with E-state index in [4.69, 9.17) is 5.73 Å². The highest BCUT2D eigenvalue weighted by Crippen LogP contribution is 2.17. The van der Waals surface area contributed by atoms with Gasteiger partial charge in [-0.15, -0.1) is 0 Å². The van der Waals surface area contributed by atoms with E-state index < -0.39 is 6.10 Å². The molecule has 0 saturated carbocycles. The summed E-state index contributed by atoms with van der Waals surface area (Å²) < 4.78 is 0. The van der Waals surface area contributed by atoms with E-state index in [2.05, 4.69) is 23.3 Å². The second-order valence-corrected chi connectivity index (χ2v) is 6.73. The Morgan fingerprint density at radius 3 is 2.46 bits per heavy atom. The van der Waals surface area contributed by atoms with E-state index in [-0.39, 0.29) is 30.0 Å². The van der Waals surface area contributed by atoms with Gasteiger partial charge >= 0.3 is 0 Å². The first-order chi connectivity index (χ1) is 11.4. The normalized spacial score (nSPS) is 17.6. The molecule has 0 heterocycles. The molecule has 0 aromatic heterocycles. The van der Waals surface area contributed by atoms with Crippen LogP contribution in [0.5, 0.6) is 0 Å². The number of hydrogen-bond acceptors (Lipinski definition) is 5. The van der Waals surface area contributed by atoms with Crippen LogP contribution in [-0.2, 0) is 4.79 Å². The summed E-state index contributed by atoms with van der Waals surface area (Å²) in [7, 11) is 0. The van der Waals surface area contributed by atoms with Gasteiger partial charge in [0, 0.05) is 18.3 Å². The molecule has 0 spiro atoms. The first-order valence-electron chi connectivity index (χ1n) is 8.53. The van der Waals surface area contributed by atoms with E-state index >= 15 is 0 Å². The molecule has 5 nitrogen and oxygen atoms in total. The molecule has 6 heteroatoms. The third kappa shape index (κ3) is 6.43. The molecule has 0 bridgehead atoms. The Morgan fingerprint density at radius 1 is 1.29 bits per heavy atom. The van der Waals surface area contributed by atoms with Crippen molar-refractivity contribution in [2.45, 2.75) is 51.4 Å². The Bertz CT molecular complexity index is 486. The maximum absolute atomic E-state index is 12.6. The predicted octanol–water partition coefficient (Wildman–Crippen LogP) is 1.49. The number of rotatable bonds is 10. The minimum absolute atomic E-state index is 0.0972. The molecule has 0 saturated heterocycles. The molecule has 1 aromatic carbocycles. The standard InChI is InChI=1S/C18H31N3O2S/c1-4-12(2)16(20-10-15(19)11-24)18(23)21-13(3)17(22)14-8-6-5-7-9-14/h5-9,12-13,15-17,20,22,24H,4,10-11,19H2,1-3H3,(H,21,23)/t12-,13-,15+,16-,17?/m0/s1. The Kier molecular flexibility index (Phi) is 9.36. The largest absolute Gasteiger partial charge is 0.386 e. The highest BCUT2D eigenvalue weighted by atomic mass is 32.1. The predicted molar refractivity (Wildman–Crippen MR) is 102 cm³/mol. The zero-order chi connectivity index (χ0) is 18.1. The number of nitrogens with one attached hydrogen (secondary N) is 2. The van der Waals surface area contributed by atoms with E-state index in [1.807, 2.05) is 51.1 Å². The number of amides is 1. The van der Waals surface area contributed by atoms with Crippen molar-refractivity contribution in [2.24, 2.45) is 11.7 Å². The van der Waals surface area contributed by atoms with E-state index in [0.717, 1.165) is 12.0 Å². The molecular formula is C18H31N3O2S. The van der Waals surface area contributed by atoms with Gasteiger partial charge in [-0.2, -0.15) is 12.6 Å². The van der Waals surface area contributed by atoms with Gasteiger partial charge in [0.05, 0.1) is 18.2 Å². The zero-order valence-electron chi connectivity index (χ0n) is 14.8. The average molecular weight is 354 g/mol. The van der Waals surface area contributed by atoms with Crippen molar-refractivity contribution in [3.63, 3.8) is 0 Å². The number of hydrogen-bond donors (Lipinski definition) is 5. The highest BCUT2D eigenvalue weighted by Gasteiger charge is 2.27. The van der Waals surface area contributed by atoms with Gasteiger partial charge in [0.1, 0.15) is 0 Å². The fourth-order valence-corrected chi connectivity index (χ4v) is 2.59. The number of thiol groups is 1. The molecular weight excluding hydrogens is 322 g/mol. The van der Waals surface area contributed by atoms with Gasteiger partial charge in [-0.05, 0) is 18.4 Å². The molecule has 1 unspecified atom stereocenters. The van der Waals surface area contributed by atoms with Gasteiger partial charge in [0.2, 0.25) is 5.91 Å². The summed E-state index contributed by atoms with van der Waals surface area (Å²) in [5, 5.41) is 16.6. The highest BCUT2D eigenvalue weighted by molar-refractivity contribution is 7.80. The summed E-state index contributed by atoms with van der Waals surface area (Å²) in [6.07, 6.45) is 0.129. The van der Waals surface area contributed by atoms with Gasteiger partial charge < -0.3 is 21.5 Å². The molecule has 0 aliphatic heterocycles. The van der Waals surface area contributed by atoms with Crippen molar-refractivity contribution in [1.82, 2.24) is 10.6 Å². The fraction of sp³-hybridized carbons (Fsp3) is 0.611. The molecule has 0 fully saturated rings. The smallest absolute Gasteiger partial charge is 0.237 e. The van der Waals surface area contributed by atoms with E-state index in [9.17, 15) is 9.90 Å². The molecule has 24 heavy (non-hydrogen) atoms. The number of benzene rings is 1. The molecule has 0 aliphatic rings. The topological polar surface area (TPSA) is 87.4 Å². The molecule has 0 radical (unpaired) electrons. The second kappa shape index (κ2) is 10.7. The van der Waals surface area contributed by atoms with Crippen LogP contribution in [0.2, 0.25) is 0 Å². The van der Waals surface area contributed by atoms with Crippen LogP contribution in [0.3, 0.4) is 0 Å². The fourth-order valence-electron chi connectivity index (χ4n) is 2.46. The lowest BCUT2D eigenvalue weighted by Gasteiger charge is -2.28. The number of aliphatic hydroxyl groups is 1. The Hall–Kier alpha value is -1.08. The van der Waals surface area contributed by atoms with Crippen LogP contribution in [-0.4, -0.2) is 41.4 Å². The summed E-state index contributed by atoms with van der Waals surface area (Å²) in [5.74, 6) is 0.613. The minimum Gasteiger partial charge on any atom is -0.386 e. The van der Waals surface area contributed by atoms with Crippen LogP contribution in [0.25, 0.3) is 0 Å². The lowest BCUT2D eigenvalue weighted by atomic mass is 9.97. The Morgan fingerprint density at radius 2 is 1.92 bits per heavy atom. The van der Waals surface area contributed by atoms with Crippen molar-refractivity contribution in [3.05, 3.63) is 35.9 Å².